The van der Waals surface area contributed by atoms with Gasteiger partial charge in [0.25, 0.3) is 0 Å². The summed E-state index contributed by atoms with van der Waals surface area (Å²) in [7, 11) is 0. The van der Waals surface area contributed by atoms with Crippen molar-refractivity contribution in [2.75, 3.05) is 0 Å². The first-order valence-electron chi connectivity index (χ1n) is 10.3. The summed E-state index contributed by atoms with van der Waals surface area (Å²) in [5, 5.41) is 3.51. The molecule has 2 aromatic heterocycles. The molecule has 0 aliphatic heterocycles. The summed E-state index contributed by atoms with van der Waals surface area (Å²) in [5.41, 5.74) is 6.64. The fourth-order valence-electron chi connectivity index (χ4n) is 4.02. The van der Waals surface area contributed by atoms with E-state index < -0.39 is 0 Å². The van der Waals surface area contributed by atoms with Crippen molar-refractivity contribution < 1.29 is 0 Å². The Hall–Kier alpha value is -3.39. The van der Waals surface area contributed by atoms with Crippen LogP contribution < -0.4 is 10.7 Å². The van der Waals surface area contributed by atoms with Crippen molar-refractivity contribution in [3.05, 3.63) is 83.5 Å². The summed E-state index contributed by atoms with van der Waals surface area (Å²) in [4.78, 5) is 5.07. The van der Waals surface area contributed by atoms with Gasteiger partial charge in [0.2, 0.25) is 0 Å². The largest absolute Gasteiger partial charge is 0.306 e. The predicted octanol–water partition coefficient (Wildman–Crippen LogP) is 5.82. The molecule has 29 heavy (non-hydrogen) atoms. The maximum Gasteiger partial charge on any atom is 0.0950 e. The first kappa shape index (κ1) is 18.9. The van der Waals surface area contributed by atoms with E-state index in [-0.39, 0.29) is 0 Å². The van der Waals surface area contributed by atoms with Crippen LogP contribution >= 0.6 is 0 Å². The fourth-order valence-corrected chi connectivity index (χ4v) is 4.02. The summed E-state index contributed by atoms with van der Waals surface area (Å²) < 4.78 is 2.36. The molecule has 2 nitrogen and oxygen atoms in total. The molecule has 0 unspecified atom stereocenters. The van der Waals surface area contributed by atoms with E-state index in [1.807, 2.05) is 26.0 Å². The topological polar surface area (TPSA) is 17.3 Å². The van der Waals surface area contributed by atoms with Crippen molar-refractivity contribution in [1.29, 1.82) is 0 Å². The Labute approximate surface area is 171 Å². The minimum absolute atomic E-state index is 1.01. The monoisotopic (exact) mass is 378 g/mol. The van der Waals surface area contributed by atoms with Gasteiger partial charge in [-0.25, -0.2) is 4.98 Å². The Morgan fingerprint density at radius 2 is 1.62 bits per heavy atom. The molecule has 0 radical (unpaired) electrons. The zero-order chi connectivity index (χ0) is 20.4. The molecular weight excluding hydrogens is 352 g/mol. The SMILES string of the molecule is C=Cc1ccc(-c2nc3c(n4c2cc2ccccc24)=CCCC=3)cc1C=C.CC. The number of hydrogen-bond donors (Lipinski definition) is 0. The summed E-state index contributed by atoms with van der Waals surface area (Å²) in [5.74, 6) is 0. The van der Waals surface area contributed by atoms with Crippen LogP contribution in [0.25, 0.3) is 52.0 Å². The van der Waals surface area contributed by atoms with Crippen LogP contribution in [0.2, 0.25) is 0 Å². The van der Waals surface area contributed by atoms with Gasteiger partial charge in [0.15, 0.2) is 0 Å². The van der Waals surface area contributed by atoms with Crippen LogP contribution in [0.3, 0.4) is 0 Å². The van der Waals surface area contributed by atoms with Crippen molar-refractivity contribution >= 4 is 40.7 Å². The van der Waals surface area contributed by atoms with Gasteiger partial charge in [0, 0.05) is 10.9 Å². The highest BCUT2D eigenvalue weighted by Crippen LogP contribution is 2.28. The normalized spacial score (nSPS) is 12.3. The van der Waals surface area contributed by atoms with Crippen molar-refractivity contribution in [1.82, 2.24) is 9.38 Å². The van der Waals surface area contributed by atoms with Gasteiger partial charge < -0.3 is 4.40 Å². The van der Waals surface area contributed by atoms with Gasteiger partial charge in [-0.3, -0.25) is 0 Å². The molecule has 2 heterocycles. The van der Waals surface area contributed by atoms with E-state index in [4.69, 9.17) is 4.98 Å². The summed E-state index contributed by atoms with van der Waals surface area (Å²) in [6.07, 6.45) is 10.4. The van der Waals surface area contributed by atoms with Crippen molar-refractivity contribution in [3.8, 4) is 11.3 Å². The molecule has 1 aliphatic carbocycles. The third kappa shape index (κ3) is 3.11. The van der Waals surface area contributed by atoms with E-state index in [0.717, 1.165) is 46.1 Å². The van der Waals surface area contributed by atoms with Crippen molar-refractivity contribution in [2.24, 2.45) is 0 Å². The summed E-state index contributed by atoms with van der Waals surface area (Å²) in [6.45, 7) is 11.9. The van der Waals surface area contributed by atoms with Gasteiger partial charge >= 0.3 is 0 Å². The van der Waals surface area contributed by atoms with E-state index in [9.17, 15) is 0 Å². The first-order valence-corrected chi connectivity index (χ1v) is 10.3. The fraction of sp³-hybridized carbons (Fsp3) is 0.148. The highest BCUT2D eigenvalue weighted by Gasteiger charge is 2.14. The number of aromatic nitrogens is 2. The Morgan fingerprint density at radius 1 is 0.862 bits per heavy atom. The molecule has 0 atom stereocenters. The van der Waals surface area contributed by atoms with Crippen molar-refractivity contribution in [2.45, 2.75) is 26.7 Å². The van der Waals surface area contributed by atoms with E-state index in [1.54, 1.807) is 0 Å². The molecule has 0 fully saturated rings. The van der Waals surface area contributed by atoms with E-state index >= 15 is 0 Å². The van der Waals surface area contributed by atoms with Crippen molar-refractivity contribution in [3.63, 3.8) is 0 Å². The van der Waals surface area contributed by atoms with Gasteiger partial charge in [-0.1, -0.05) is 81.6 Å². The van der Waals surface area contributed by atoms with Crippen LogP contribution in [0.5, 0.6) is 0 Å². The molecule has 4 aromatic rings. The average Bonchev–Trinajstić information content (AvgIpc) is 3.19. The third-order valence-electron chi connectivity index (χ3n) is 5.33. The number of benzene rings is 2. The van der Waals surface area contributed by atoms with E-state index in [2.05, 4.69) is 78.2 Å². The molecule has 0 N–H and O–H groups in total. The molecule has 144 valence electrons. The number of nitrogens with zero attached hydrogens (tertiary/aromatic N) is 2. The average molecular weight is 379 g/mol. The molecule has 1 aliphatic rings. The lowest BCUT2D eigenvalue weighted by Crippen LogP contribution is -2.36. The Balaban J connectivity index is 0.000000994. The molecule has 2 aromatic carbocycles. The number of fused-ring (bicyclic) bond motifs is 5. The second kappa shape index (κ2) is 7.92. The van der Waals surface area contributed by atoms with Gasteiger partial charge in [-0.15, -0.1) is 0 Å². The number of hydrogen-bond acceptors (Lipinski definition) is 1. The number of rotatable bonds is 3. The van der Waals surface area contributed by atoms with Gasteiger partial charge in [0.05, 0.1) is 27.4 Å². The minimum atomic E-state index is 1.01. The molecule has 2 heteroatoms. The smallest absolute Gasteiger partial charge is 0.0950 e. The molecule has 0 bridgehead atoms. The first-order chi connectivity index (χ1) is 14.3. The highest BCUT2D eigenvalue weighted by molar-refractivity contribution is 5.93. The van der Waals surface area contributed by atoms with Gasteiger partial charge in [-0.2, -0.15) is 0 Å². The van der Waals surface area contributed by atoms with Crippen LogP contribution in [0.4, 0.5) is 0 Å². The Morgan fingerprint density at radius 3 is 2.41 bits per heavy atom. The molecule has 0 saturated carbocycles. The quantitative estimate of drug-likeness (QED) is 0.439. The van der Waals surface area contributed by atoms with Crippen LogP contribution in [-0.4, -0.2) is 9.38 Å². The predicted molar refractivity (Wildman–Crippen MR) is 127 cm³/mol. The lowest BCUT2D eigenvalue weighted by molar-refractivity contribution is 1.01. The molecule has 0 amide bonds. The Kier molecular flexibility index (Phi) is 5.18. The Bertz CT molecular complexity index is 1350. The molecular formula is C27H26N2. The van der Waals surface area contributed by atoms with Crippen LogP contribution in [-0.2, 0) is 0 Å². The van der Waals surface area contributed by atoms with Crippen LogP contribution in [0.15, 0.2) is 61.7 Å². The zero-order valence-electron chi connectivity index (χ0n) is 17.2. The lowest BCUT2D eigenvalue weighted by atomic mass is 10.0. The van der Waals surface area contributed by atoms with Crippen LogP contribution in [0.1, 0.15) is 37.8 Å². The molecule has 0 spiro atoms. The van der Waals surface area contributed by atoms with E-state index in [0.29, 0.717) is 0 Å². The lowest BCUT2D eigenvalue weighted by Gasteiger charge is -2.11. The zero-order valence-corrected chi connectivity index (χ0v) is 17.2. The highest BCUT2D eigenvalue weighted by atomic mass is 14.9. The van der Waals surface area contributed by atoms with Crippen LogP contribution in [0, 0.1) is 0 Å². The minimum Gasteiger partial charge on any atom is -0.306 e. The third-order valence-corrected chi connectivity index (χ3v) is 5.33. The van der Waals surface area contributed by atoms with E-state index in [1.165, 1.54) is 16.3 Å². The number of para-hydroxylation sites is 1. The maximum absolute atomic E-state index is 5.07. The summed E-state index contributed by atoms with van der Waals surface area (Å²) in [6, 6.07) is 17.2. The standard InChI is InChI=1S/C25H20N2.C2H6/c1-3-17-13-14-20(15-18(17)4-2)25-24-16-19-9-5-7-11-22(19)27(24)23-12-8-6-10-21(23)26-25;1-2/h3-5,7,9-16H,1-2,6,8H2;1-2H3. The molecule has 0 saturated heterocycles. The van der Waals surface area contributed by atoms with Gasteiger partial charge in [-0.05, 0) is 42.2 Å². The summed E-state index contributed by atoms with van der Waals surface area (Å²) >= 11 is 0. The molecule has 5 rings (SSSR count). The maximum atomic E-state index is 5.07. The second-order valence-corrected chi connectivity index (χ2v) is 6.89. The van der Waals surface area contributed by atoms with Gasteiger partial charge in [0.1, 0.15) is 0 Å². The second-order valence-electron chi connectivity index (χ2n) is 6.89.